The molecule has 0 bridgehead atoms. The Balaban J connectivity index is 1.62. The maximum atomic E-state index is 12.2. The number of benzene rings is 1. The van der Waals surface area contributed by atoms with Crippen LogP contribution >= 0.6 is 27.3 Å². The summed E-state index contributed by atoms with van der Waals surface area (Å²) in [7, 11) is 0. The third-order valence-electron chi connectivity index (χ3n) is 3.21. The van der Waals surface area contributed by atoms with Crippen LogP contribution in [0.25, 0.3) is 6.08 Å². The van der Waals surface area contributed by atoms with Gasteiger partial charge >= 0.3 is 0 Å². The van der Waals surface area contributed by atoms with E-state index in [4.69, 9.17) is 4.74 Å². The van der Waals surface area contributed by atoms with Gasteiger partial charge in [0.25, 0.3) is 5.91 Å². The van der Waals surface area contributed by atoms with Crippen LogP contribution in [0.5, 0.6) is 5.75 Å². The number of thiophene rings is 1. The Hall–Kier alpha value is -1.59. The molecule has 1 aliphatic rings. The van der Waals surface area contributed by atoms with Crippen molar-refractivity contribution in [1.82, 2.24) is 5.32 Å². The summed E-state index contributed by atoms with van der Waals surface area (Å²) in [5.74, 6) is 0.755. The summed E-state index contributed by atoms with van der Waals surface area (Å²) in [5, 5.41) is 4.99. The second-order valence-electron chi connectivity index (χ2n) is 4.73. The van der Waals surface area contributed by atoms with Gasteiger partial charge in [0.05, 0.1) is 5.57 Å². The lowest BCUT2D eigenvalue weighted by Crippen LogP contribution is -2.30. The lowest BCUT2D eigenvalue weighted by atomic mass is 10.1. The van der Waals surface area contributed by atoms with Crippen molar-refractivity contribution in [2.24, 2.45) is 0 Å². The summed E-state index contributed by atoms with van der Waals surface area (Å²) < 4.78 is 6.59. The van der Waals surface area contributed by atoms with Crippen LogP contribution in [0.4, 0.5) is 0 Å². The Bertz CT molecular complexity index is 680. The maximum absolute atomic E-state index is 12.2. The van der Waals surface area contributed by atoms with E-state index in [9.17, 15) is 4.79 Å². The lowest BCUT2D eigenvalue weighted by Gasteiger charge is -2.17. The molecule has 0 saturated heterocycles. The van der Waals surface area contributed by atoms with E-state index < -0.39 is 0 Å². The Morgan fingerprint density at radius 3 is 3.10 bits per heavy atom. The van der Waals surface area contributed by atoms with Crippen molar-refractivity contribution in [2.75, 3.05) is 13.2 Å². The second kappa shape index (κ2) is 6.45. The van der Waals surface area contributed by atoms with Gasteiger partial charge in [-0.05, 0) is 42.1 Å². The Kier molecular flexibility index (Phi) is 4.41. The van der Waals surface area contributed by atoms with Gasteiger partial charge in [0, 0.05) is 21.5 Å². The molecule has 108 valence electrons. The molecular formula is C16H14BrNO2S. The normalized spacial score (nSPS) is 13.1. The predicted octanol–water partition coefficient (Wildman–Crippen LogP) is 3.65. The van der Waals surface area contributed by atoms with Crippen molar-refractivity contribution < 1.29 is 9.53 Å². The summed E-state index contributed by atoms with van der Waals surface area (Å²) in [6.45, 7) is 0.960. The number of rotatable bonds is 4. The highest BCUT2D eigenvalue weighted by Gasteiger charge is 2.17. The number of carbonyl (C=O) groups excluding carboxylic acids is 1. The van der Waals surface area contributed by atoms with E-state index in [-0.39, 0.29) is 5.91 Å². The van der Waals surface area contributed by atoms with Crippen molar-refractivity contribution in [3.05, 3.63) is 56.2 Å². The molecule has 1 aromatic heterocycles. The van der Waals surface area contributed by atoms with E-state index in [2.05, 4.69) is 27.3 Å². The van der Waals surface area contributed by atoms with Crippen LogP contribution in [0.1, 0.15) is 10.4 Å². The average Bonchev–Trinajstić information content (AvgIpc) is 2.99. The smallest absolute Gasteiger partial charge is 0.250 e. The largest absolute Gasteiger partial charge is 0.488 e. The lowest BCUT2D eigenvalue weighted by molar-refractivity contribution is -0.117. The molecule has 21 heavy (non-hydrogen) atoms. The second-order valence-corrected chi connectivity index (χ2v) is 6.67. The highest BCUT2D eigenvalue weighted by atomic mass is 79.9. The molecule has 2 aromatic rings. The Morgan fingerprint density at radius 2 is 2.29 bits per heavy atom. The summed E-state index contributed by atoms with van der Waals surface area (Å²) in [6.07, 6.45) is 2.75. The zero-order valence-corrected chi connectivity index (χ0v) is 13.7. The molecule has 0 aliphatic carbocycles. The van der Waals surface area contributed by atoms with Gasteiger partial charge in [-0.2, -0.15) is 0 Å². The maximum Gasteiger partial charge on any atom is 0.250 e. The van der Waals surface area contributed by atoms with Gasteiger partial charge < -0.3 is 10.1 Å². The van der Waals surface area contributed by atoms with Gasteiger partial charge in [-0.3, -0.25) is 4.79 Å². The monoisotopic (exact) mass is 363 g/mol. The van der Waals surface area contributed by atoms with Crippen molar-refractivity contribution >= 4 is 39.2 Å². The van der Waals surface area contributed by atoms with E-state index in [1.54, 1.807) is 11.3 Å². The minimum atomic E-state index is -0.0582. The number of nitrogens with one attached hydrogen (secondary N) is 1. The highest BCUT2D eigenvalue weighted by molar-refractivity contribution is 9.10. The van der Waals surface area contributed by atoms with Gasteiger partial charge in [-0.15, -0.1) is 11.3 Å². The quantitative estimate of drug-likeness (QED) is 0.900. The zero-order valence-electron chi connectivity index (χ0n) is 11.3. The first-order valence-corrected chi connectivity index (χ1v) is 8.33. The van der Waals surface area contributed by atoms with Gasteiger partial charge in [-0.1, -0.05) is 22.0 Å². The number of hydrogen-bond donors (Lipinski definition) is 1. The molecule has 2 heterocycles. The third kappa shape index (κ3) is 3.54. The molecule has 1 N–H and O–H groups in total. The zero-order chi connectivity index (χ0) is 14.7. The van der Waals surface area contributed by atoms with Crippen LogP contribution in [0, 0.1) is 0 Å². The molecule has 5 heteroatoms. The van der Waals surface area contributed by atoms with Crippen LogP contribution in [0.2, 0.25) is 0 Å². The molecule has 0 atom stereocenters. The van der Waals surface area contributed by atoms with Crippen molar-refractivity contribution in [1.29, 1.82) is 0 Å². The third-order valence-corrected chi connectivity index (χ3v) is 4.64. The average molecular weight is 364 g/mol. The fraction of sp³-hybridized carbons (Fsp3) is 0.188. The summed E-state index contributed by atoms with van der Waals surface area (Å²) in [4.78, 5) is 13.4. The van der Waals surface area contributed by atoms with E-state index in [1.807, 2.05) is 35.7 Å². The first-order chi connectivity index (χ1) is 10.2. The Morgan fingerprint density at radius 1 is 1.38 bits per heavy atom. The summed E-state index contributed by atoms with van der Waals surface area (Å²) in [5.41, 5.74) is 1.59. The topological polar surface area (TPSA) is 38.3 Å². The first-order valence-electron chi connectivity index (χ1n) is 6.66. The van der Waals surface area contributed by atoms with Gasteiger partial charge in [0.1, 0.15) is 12.4 Å². The predicted molar refractivity (Wildman–Crippen MR) is 88.6 cm³/mol. The van der Waals surface area contributed by atoms with Crippen molar-refractivity contribution in [2.45, 2.75) is 6.42 Å². The van der Waals surface area contributed by atoms with Crippen LogP contribution in [-0.2, 0) is 11.2 Å². The van der Waals surface area contributed by atoms with E-state index in [0.717, 1.165) is 22.2 Å². The molecule has 0 unspecified atom stereocenters. The number of hydrogen-bond acceptors (Lipinski definition) is 3. The van der Waals surface area contributed by atoms with E-state index in [0.29, 0.717) is 18.7 Å². The molecule has 1 aromatic carbocycles. The molecule has 1 amide bonds. The van der Waals surface area contributed by atoms with Crippen LogP contribution in [-0.4, -0.2) is 19.1 Å². The SMILES string of the molecule is O=C(NCCc1cccs1)C1=Cc2cc(Br)ccc2OC1. The Labute approximate surface area is 135 Å². The van der Waals surface area contributed by atoms with Crippen LogP contribution in [0.15, 0.2) is 45.8 Å². The number of ether oxygens (including phenoxy) is 1. The molecule has 3 nitrogen and oxygen atoms in total. The fourth-order valence-corrected chi connectivity index (χ4v) is 3.23. The van der Waals surface area contributed by atoms with Crippen LogP contribution in [0.3, 0.4) is 0 Å². The molecule has 0 fully saturated rings. The standard InChI is InChI=1S/C16H14BrNO2S/c17-13-3-4-15-11(9-13)8-12(10-20-15)16(19)18-6-5-14-2-1-7-21-14/h1-4,7-9H,5-6,10H2,(H,18,19). The molecule has 3 rings (SSSR count). The van der Waals surface area contributed by atoms with Gasteiger partial charge in [-0.25, -0.2) is 0 Å². The van der Waals surface area contributed by atoms with E-state index >= 15 is 0 Å². The first kappa shape index (κ1) is 14.4. The van der Waals surface area contributed by atoms with Crippen LogP contribution < -0.4 is 10.1 Å². The molecule has 0 saturated carbocycles. The minimum Gasteiger partial charge on any atom is -0.488 e. The number of fused-ring (bicyclic) bond motifs is 1. The van der Waals surface area contributed by atoms with Crippen molar-refractivity contribution in [3.8, 4) is 5.75 Å². The van der Waals surface area contributed by atoms with Gasteiger partial charge in [0.15, 0.2) is 0 Å². The van der Waals surface area contributed by atoms with E-state index in [1.165, 1.54) is 4.88 Å². The number of carbonyl (C=O) groups is 1. The molecule has 0 radical (unpaired) electrons. The number of halogens is 1. The summed E-state index contributed by atoms with van der Waals surface area (Å²) in [6, 6.07) is 9.88. The van der Waals surface area contributed by atoms with Crippen molar-refractivity contribution in [3.63, 3.8) is 0 Å². The highest BCUT2D eigenvalue weighted by Crippen LogP contribution is 2.29. The molecular weight excluding hydrogens is 350 g/mol. The van der Waals surface area contributed by atoms with Gasteiger partial charge in [0.2, 0.25) is 0 Å². The molecule has 1 aliphatic heterocycles. The summed E-state index contributed by atoms with van der Waals surface area (Å²) >= 11 is 5.13. The number of amides is 1. The fourth-order valence-electron chi connectivity index (χ4n) is 2.15. The minimum absolute atomic E-state index is 0.0582. The molecule has 0 spiro atoms.